The summed E-state index contributed by atoms with van der Waals surface area (Å²) in [6.45, 7) is 2.12. The Labute approximate surface area is 191 Å². The van der Waals surface area contributed by atoms with Crippen LogP contribution in [0, 0.1) is 5.92 Å². The van der Waals surface area contributed by atoms with E-state index >= 15 is 0 Å². The SMILES string of the molecule is C[C@@H]1N=C(c2ccccc2Cl)c2cc(C34CC(C3)C4)ccc2-n2cnc(-c3ccco3)c21. The molecule has 3 aliphatic carbocycles. The fraction of sp³-hybridized carbons (Fsp3) is 0.259. The van der Waals surface area contributed by atoms with E-state index in [1.807, 2.05) is 36.7 Å². The van der Waals surface area contributed by atoms with Crippen molar-refractivity contribution in [3.05, 3.63) is 94.6 Å². The van der Waals surface area contributed by atoms with E-state index in [-0.39, 0.29) is 6.04 Å². The largest absolute Gasteiger partial charge is 0.463 e. The van der Waals surface area contributed by atoms with Crippen LogP contribution >= 0.6 is 11.6 Å². The third-order valence-corrected chi connectivity index (χ3v) is 7.90. The lowest BCUT2D eigenvalue weighted by Crippen LogP contribution is -2.55. The summed E-state index contributed by atoms with van der Waals surface area (Å²) in [4.78, 5) is 9.97. The minimum absolute atomic E-state index is 0.116. The number of furan rings is 1. The van der Waals surface area contributed by atoms with Crippen LogP contribution in [0.2, 0.25) is 5.02 Å². The third-order valence-electron chi connectivity index (χ3n) is 7.57. The van der Waals surface area contributed by atoms with Gasteiger partial charge in [0.1, 0.15) is 12.0 Å². The molecule has 0 saturated heterocycles. The van der Waals surface area contributed by atoms with Crippen LogP contribution in [-0.4, -0.2) is 15.3 Å². The summed E-state index contributed by atoms with van der Waals surface area (Å²) in [5, 5.41) is 0.719. The standard InChI is InChI=1S/C27H22ClN3O/c1-16-26-25(23-7-4-10-32-23)29-15-31(26)22-9-8-18(27-12-17(13-27)14-27)11-20(22)24(30-16)19-5-2-3-6-21(19)28/h2-11,15-17H,12-14H2,1H3/t16-,17?,27?/m0/s1. The van der Waals surface area contributed by atoms with Crippen LogP contribution in [0.4, 0.5) is 0 Å². The minimum Gasteiger partial charge on any atom is -0.463 e. The van der Waals surface area contributed by atoms with Gasteiger partial charge in [-0.25, -0.2) is 4.98 Å². The summed E-state index contributed by atoms with van der Waals surface area (Å²) in [6.07, 6.45) is 7.54. The van der Waals surface area contributed by atoms with Crippen LogP contribution in [0.25, 0.3) is 17.1 Å². The second kappa shape index (κ2) is 6.46. The van der Waals surface area contributed by atoms with Gasteiger partial charge in [0.25, 0.3) is 0 Å². The summed E-state index contributed by atoms with van der Waals surface area (Å²) in [5.74, 6) is 1.69. The van der Waals surface area contributed by atoms with Gasteiger partial charge in [-0.15, -0.1) is 0 Å². The number of aromatic nitrogens is 2. The monoisotopic (exact) mass is 439 g/mol. The molecule has 0 amide bonds. The molecule has 0 N–H and O–H groups in total. The van der Waals surface area contributed by atoms with Gasteiger partial charge in [-0.05, 0) is 73.4 Å². The summed E-state index contributed by atoms with van der Waals surface area (Å²) < 4.78 is 7.88. The molecule has 4 aliphatic rings. The molecule has 3 fully saturated rings. The van der Waals surface area contributed by atoms with Gasteiger partial charge < -0.3 is 4.42 Å². The maximum absolute atomic E-state index is 6.68. The molecule has 1 aliphatic heterocycles. The molecule has 1 atom stereocenters. The lowest BCUT2D eigenvalue weighted by Gasteiger charge is -2.62. The quantitative estimate of drug-likeness (QED) is 0.354. The number of halogens is 1. The van der Waals surface area contributed by atoms with Gasteiger partial charge in [-0.2, -0.15) is 0 Å². The summed E-state index contributed by atoms with van der Waals surface area (Å²) >= 11 is 6.68. The second-order valence-electron chi connectivity index (χ2n) is 9.45. The lowest BCUT2D eigenvalue weighted by atomic mass is 9.42. The zero-order valence-corrected chi connectivity index (χ0v) is 18.5. The molecule has 4 aromatic rings. The highest BCUT2D eigenvalue weighted by atomic mass is 35.5. The molecule has 158 valence electrons. The first-order chi connectivity index (χ1) is 15.6. The number of rotatable bonds is 3. The van der Waals surface area contributed by atoms with E-state index in [0.717, 1.165) is 50.6 Å². The molecular formula is C27H22ClN3O. The molecule has 4 nitrogen and oxygen atoms in total. The molecule has 0 radical (unpaired) electrons. The van der Waals surface area contributed by atoms with Crippen molar-refractivity contribution in [2.75, 3.05) is 0 Å². The normalized spacial score (nSPS) is 25.1. The molecule has 2 bridgehead atoms. The Kier molecular flexibility index (Phi) is 3.72. The van der Waals surface area contributed by atoms with Crippen molar-refractivity contribution >= 4 is 17.3 Å². The molecule has 0 spiro atoms. The Bertz CT molecular complexity index is 1380. The van der Waals surface area contributed by atoms with Crippen LogP contribution in [0.3, 0.4) is 0 Å². The fourth-order valence-corrected chi connectivity index (χ4v) is 6.07. The molecule has 3 heterocycles. The third kappa shape index (κ3) is 2.44. The molecule has 0 unspecified atom stereocenters. The molecule has 2 aromatic carbocycles. The van der Waals surface area contributed by atoms with E-state index in [2.05, 4.69) is 35.8 Å². The van der Waals surface area contributed by atoms with Crippen molar-refractivity contribution in [1.29, 1.82) is 0 Å². The smallest absolute Gasteiger partial charge is 0.154 e. The average Bonchev–Trinajstić information content (AvgIpc) is 3.38. The summed E-state index contributed by atoms with van der Waals surface area (Å²) in [6, 6.07) is 18.6. The molecule has 32 heavy (non-hydrogen) atoms. The van der Waals surface area contributed by atoms with Gasteiger partial charge in [0.05, 0.1) is 29.4 Å². The Morgan fingerprint density at radius 1 is 1.03 bits per heavy atom. The Morgan fingerprint density at radius 3 is 2.59 bits per heavy atom. The van der Waals surface area contributed by atoms with Crippen molar-refractivity contribution in [1.82, 2.24) is 9.55 Å². The van der Waals surface area contributed by atoms with Gasteiger partial charge in [-0.1, -0.05) is 35.9 Å². The van der Waals surface area contributed by atoms with E-state index in [4.69, 9.17) is 26.0 Å². The minimum atomic E-state index is -0.116. The van der Waals surface area contributed by atoms with Gasteiger partial charge >= 0.3 is 0 Å². The number of nitrogens with zero attached hydrogens (tertiary/aromatic N) is 3. The van der Waals surface area contributed by atoms with E-state index in [1.54, 1.807) is 6.26 Å². The first kappa shape index (κ1) is 18.5. The molecule has 2 aromatic heterocycles. The van der Waals surface area contributed by atoms with Gasteiger partial charge in [0.15, 0.2) is 5.76 Å². The van der Waals surface area contributed by atoms with Crippen molar-refractivity contribution < 1.29 is 4.42 Å². The van der Waals surface area contributed by atoms with Crippen molar-refractivity contribution in [3.63, 3.8) is 0 Å². The number of benzene rings is 2. The average molecular weight is 440 g/mol. The van der Waals surface area contributed by atoms with Crippen molar-refractivity contribution in [2.45, 2.75) is 37.6 Å². The highest BCUT2D eigenvalue weighted by Gasteiger charge is 2.57. The van der Waals surface area contributed by atoms with Crippen LogP contribution < -0.4 is 0 Å². The maximum Gasteiger partial charge on any atom is 0.154 e. The van der Waals surface area contributed by atoms with Crippen molar-refractivity contribution in [2.24, 2.45) is 10.9 Å². The van der Waals surface area contributed by atoms with Gasteiger partial charge in [-0.3, -0.25) is 9.56 Å². The topological polar surface area (TPSA) is 43.3 Å². The van der Waals surface area contributed by atoms with Gasteiger partial charge in [0, 0.05) is 16.1 Å². The number of fused-ring (bicyclic) bond motifs is 3. The number of aliphatic imine (C=N–C) groups is 1. The second-order valence-corrected chi connectivity index (χ2v) is 9.86. The van der Waals surface area contributed by atoms with E-state index in [9.17, 15) is 0 Å². The maximum atomic E-state index is 6.68. The van der Waals surface area contributed by atoms with Crippen molar-refractivity contribution in [3.8, 4) is 17.1 Å². The molecule has 5 heteroatoms. The van der Waals surface area contributed by atoms with Crippen LogP contribution in [0.15, 0.2) is 76.6 Å². The predicted octanol–water partition coefficient (Wildman–Crippen LogP) is 6.75. The Balaban J connectivity index is 1.49. The van der Waals surface area contributed by atoms with Crippen LogP contribution in [-0.2, 0) is 5.41 Å². The summed E-state index contributed by atoms with van der Waals surface area (Å²) in [5.41, 5.74) is 7.79. The number of hydrogen-bond acceptors (Lipinski definition) is 3. The van der Waals surface area contributed by atoms with E-state index in [0.29, 0.717) is 5.41 Å². The summed E-state index contributed by atoms with van der Waals surface area (Å²) in [7, 11) is 0. The first-order valence-corrected chi connectivity index (χ1v) is 11.6. The molecule has 3 saturated carbocycles. The fourth-order valence-electron chi connectivity index (χ4n) is 5.84. The lowest BCUT2D eigenvalue weighted by molar-refractivity contribution is -0.0274. The highest BCUT2D eigenvalue weighted by Crippen LogP contribution is 2.65. The highest BCUT2D eigenvalue weighted by molar-refractivity contribution is 6.35. The van der Waals surface area contributed by atoms with E-state index in [1.165, 1.54) is 24.8 Å². The predicted molar refractivity (Wildman–Crippen MR) is 126 cm³/mol. The molecule has 8 rings (SSSR count). The number of imidazole rings is 1. The van der Waals surface area contributed by atoms with Crippen LogP contribution in [0.1, 0.15) is 54.6 Å². The Morgan fingerprint density at radius 2 is 1.88 bits per heavy atom. The Hall–Kier alpha value is -3.11. The number of hydrogen-bond donors (Lipinski definition) is 0. The first-order valence-electron chi connectivity index (χ1n) is 11.2. The molecular weight excluding hydrogens is 418 g/mol. The van der Waals surface area contributed by atoms with E-state index < -0.39 is 0 Å². The van der Waals surface area contributed by atoms with Crippen LogP contribution in [0.5, 0.6) is 0 Å². The zero-order chi connectivity index (χ0) is 21.4. The zero-order valence-electron chi connectivity index (χ0n) is 17.8. The van der Waals surface area contributed by atoms with Gasteiger partial charge in [0.2, 0.25) is 0 Å².